The van der Waals surface area contributed by atoms with Gasteiger partial charge in [0.25, 0.3) is 0 Å². The molecule has 0 bridgehead atoms. The van der Waals surface area contributed by atoms with Crippen molar-refractivity contribution >= 4 is 29.7 Å². The third kappa shape index (κ3) is 3.93. The standard InChI is InChI=1S/C16H14ClNO2/c1-11-13(10-16(19)20)6-8-15(18-11)7-5-12-3-2-4-14(17)9-12/h2-9H,10H2,1H3,(H,19,20). The van der Waals surface area contributed by atoms with Crippen molar-refractivity contribution in [3.63, 3.8) is 0 Å². The fourth-order valence-corrected chi connectivity index (χ4v) is 2.04. The molecule has 0 aliphatic heterocycles. The molecule has 0 saturated carbocycles. The van der Waals surface area contributed by atoms with Crippen LogP contribution in [0.15, 0.2) is 36.4 Å². The van der Waals surface area contributed by atoms with Crippen LogP contribution in [-0.4, -0.2) is 16.1 Å². The summed E-state index contributed by atoms with van der Waals surface area (Å²) in [5.41, 5.74) is 3.25. The van der Waals surface area contributed by atoms with Crippen LogP contribution in [0.25, 0.3) is 12.2 Å². The van der Waals surface area contributed by atoms with E-state index in [2.05, 4.69) is 4.98 Å². The van der Waals surface area contributed by atoms with E-state index in [1.807, 2.05) is 49.4 Å². The molecule has 4 heteroatoms. The van der Waals surface area contributed by atoms with Crippen LogP contribution in [0, 0.1) is 6.92 Å². The van der Waals surface area contributed by atoms with Crippen LogP contribution in [-0.2, 0) is 11.2 Å². The Hall–Kier alpha value is -2.13. The Balaban J connectivity index is 2.18. The lowest BCUT2D eigenvalue weighted by atomic mass is 10.1. The summed E-state index contributed by atoms with van der Waals surface area (Å²) in [5, 5.41) is 9.47. The van der Waals surface area contributed by atoms with E-state index in [4.69, 9.17) is 16.7 Å². The molecule has 0 amide bonds. The number of pyridine rings is 1. The lowest BCUT2D eigenvalue weighted by molar-refractivity contribution is -0.136. The molecule has 0 atom stereocenters. The zero-order valence-electron chi connectivity index (χ0n) is 11.0. The predicted molar refractivity (Wildman–Crippen MR) is 80.7 cm³/mol. The Labute approximate surface area is 122 Å². The molecule has 0 unspecified atom stereocenters. The number of aromatic nitrogens is 1. The maximum atomic E-state index is 10.7. The summed E-state index contributed by atoms with van der Waals surface area (Å²) >= 11 is 5.92. The van der Waals surface area contributed by atoms with Crippen molar-refractivity contribution < 1.29 is 9.90 Å². The lowest BCUT2D eigenvalue weighted by Gasteiger charge is -2.03. The van der Waals surface area contributed by atoms with Gasteiger partial charge in [0, 0.05) is 10.7 Å². The number of aryl methyl sites for hydroxylation is 1. The first-order chi connectivity index (χ1) is 9.54. The molecule has 1 N–H and O–H groups in total. The van der Waals surface area contributed by atoms with Crippen molar-refractivity contribution in [3.8, 4) is 0 Å². The molecule has 102 valence electrons. The highest BCUT2D eigenvalue weighted by atomic mass is 35.5. The molecule has 2 rings (SSSR count). The van der Waals surface area contributed by atoms with Gasteiger partial charge in [0.15, 0.2) is 0 Å². The molecule has 20 heavy (non-hydrogen) atoms. The Morgan fingerprint density at radius 3 is 2.75 bits per heavy atom. The minimum Gasteiger partial charge on any atom is -0.481 e. The summed E-state index contributed by atoms with van der Waals surface area (Å²) in [6, 6.07) is 11.1. The minimum atomic E-state index is -0.850. The van der Waals surface area contributed by atoms with Crippen molar-refractivity contribution in [1.29, 1.82) is 0 Å². The molecule has 0 radical (unpaired) electrons. The van der Waals surface area contributed by atoms with E-state index in [0.717, 1.165) is 22.5 Å². The molecule has 1 aromatic carbocycles. The number of aliphatic carboxylic acids is 1. The fraction of sp³-hybridized carbons (Fsp3) is 0.125. The first-order valence-corrected chi connectivity index (χ1v) is 6.54. The van der Waals surface area contributed by atoms with Crippen LogP contribution in [0.5, 0.6) is 0 Å². The van der Waals surface area contributed by atoms with Crippen LogP contribution in [0.2, 0.25) is 5.02 Å². The molecule has 1 aromatic heterocycles. The summed E-state index contributed by atoms with van der Waals surface area (Å²) in [6.45, 7) is 1.81. The minimum absolute atomic E-state index is 0.00286. The Morgan fingerprint density at radius 2 is 2.10 bits per heavy atom. The Morgan fingerprint density at radius 1 is 1.30 bits per heavy atom. The number of hydrogen-bond donors (Lipinski definition) is 1. The number of carboxylic acid groups (broad SMARTS) is 1. The summed E-state index contributed by atoms with van der Waals surface area (Å²) in [5.74, 6) is -0.850. The van der Waals surface area contributed by atoms with E-state index in [9.17, 15) is 4.79 Å². The van der Waals surface area contributed by atoms with Gasteiger partial charge in [0.1, 0.15) is 0 Å². The van der Waals surface area contributed by atoms with Crippen molar-refractivity contribution in [2.45, 2.75) is 13.3 Å². The van der Waals surface area contributed by atoms with Gasteiger partial charge in [-0.1, -0.05) is 35.9 Å². The smallest absolute Gasteiger partial charge is 0.307 e. The third-order valence-corrected chi connectivity index (χ3v) is 3.09. The quantitative estimate of drug-likeness (QED) is 0.929. The second-order valence-corrected chi connectivity index (χ2v) is 4.88. The van der Waals surface area contributed by atoms with Crippen LogP contribution < -0.4 is 0 Å². The lowest BCUT2D eigenvalue weighted by Crippen LogP contribution is -2.03. The largest absolute Gasteiger partial charge is 0.481 e. The van der Waals surface area contributed by atoms with Crippen LogP contribution in [0.3, 0.4) is 0 Å². The Kier molecular flexibility index (Phi) is 4.53. The zero-order chi connectivity index (χ0) is 14.5. The maximum Gasteiger partial charge on any atom is 0.307 e. The zero-order valence-corrected chi connectivity index (χ0v) is 11.8. The first-order valence-electron chi connectivity index (χ1n) is 6.16. The highest BCUT2D eigenvalue weighted by Crippen LogP contribution is 2.14. The van der Waals surface area contributed by atoms with Crippen LogP contribution in [0.4, 0.5) is 0 Å². The second-order valence-electron chi connectivity index (χ2n) is 4.44. The number of benzene rings is 1. The number of hydrogen-bond acceptors (Lipinski definition) is 2. The van der Waals surface area contributed by atoms with Crippen molar-refractivity contribution in [1.82, 2.24) is 4.98 Å². The van der Waals surface area contributed by atoms with Gasteiger partial charge >= 0.3 is 5.97 Å². The van der Waals surface area contributed by atoms with E-state index in [-0.39, 0.29) is 6.42 Å². The maximum absolute atomic E-state index is 10.7. The van der Waals surface area contributed by atoms with E-state index in [0.29, 0.717) is 5.02 Å². The van der Waals surface area contributed by atoms with Crippen molar-refractivity contribution in [3.05, 3.63) is 63.9 Å². The SMILES string of the molecule is Cc1nc(C=Cc2cccc(Cl)c2)ccc1CC(=O)O. The van der Waals surface area contributed by atoms with Gasteiger partial charge in [-0.25, -0.2) is 0 Å². The number of carboxylic acids is 1. The first kappa shape index (κ1) is 14.3. The van der Waals surface area contributed by atoms with Crippen molar-refractivity contribution in [2.24, 2.45) is 0 Å². The molecular formula is C16H14ClNO2. The van der Waals surface area contributed by atoms with Gasteiger partial charge in [0.05, 0.1) is 12.1 Å². The topological polar surface area (TPSA) is 50.2 Å². The molecule has 0 aliphatic rings. The highest BCUT2D eigenvalue weighted by molar-refractivity contribution is 6.30. The van der Waals surface area contributed by atoms with Gasteiger partial charge in [-0.3, -0.25) is 9.78 Å². The molecule has 3 nitrogen and oxygen atoms in total. The summed E-state index contributed by atoms with van der Waals surface area (Å²) in [4.78, 5) is 15.1. The number of carbonyl (C=O) groups is 1. The normalized spacial score (nSPS) is 10.9. The summed E-state index contributed by atoms with van der Waals surface area (Å²) < 4.78 is 0. The van der Waals surface area contributed by atoms with E-state index in [1.165, 1.54) is 0 Å². The molecular weight excluding hydrogens is 274 g/mol. The van der Waals surface area contributed by atoms with Gasteiger partial charge in [0.2, 0.25) is 0 Å². The molecule has 0 aliphatic carbocycles. The van der Waals surface area contributed by atoms with E-state index < -0.39 is 5.97 Å². The third-order valence-electron chi connectivity index (χ3n) is 2.85. The number of nitrogens with zero attached hydrogens (tertiary/aromatic N) is 1. The second kappa shape index (κ2) is 6.35. The predicted octanol–water partition coefficient (Wildman–Crippen LogP) is 3.84. The average Bonchev–Trinajstić information content (AvgIpc) is 2.39. The van der Waals surface area contributed by atoms with Crippen LogP contribution >= 0.6 is 11.6 Å². The monoisotopic (exact) mass is 287 g/mol. The van der Waals surface area contributed by atoms with Crippen molar-refractivity contribution in [2.75, 3.05) is 0 Å². The van der Waals surface area contributed by atoms with Gasteiger partial charge in [-0.2, -0.15) is 0 Å². The molecule has 0 fully saturated rings. The summed E-state index contributed by atoms with van der Waals surface area (Å²) in [6.07, 6.45) is 3.80. The fourth-order valence-electron chi connectivity index (χ4n) is 1.84. The van der Waals surface area contributed by atoms with Gasteiger partial charge in [-0.15, -0.1) is 0 Å². The molecule has 0 spiro atoms. The summed E-state index contributed by atoms with van der Waals surface area (Å²) in [7, 11) is 0. The Bertz CT molecular complexity index is 665. The molecule has 1 heterocycles. The average molecular weight is 288 g/mol. The van der Waals surface area contributed by atoms with Crippen LogP contribution in [0.1, 0.15) is 22.5 Å². The number of rotatable bonds is 4. The number of halogens is 1. The molecule has 0 saturated heterocycles. The molecule has 2 aromatic rings. The van der Waals surface area contributed by atoms with Gasteiger partial charge < -0.3 is 5.11 Å². The highest BCUT2D eigenvalue weighted by Gasteiger charge is 2.05. The van der Waals surface area contributed by atoms with Gasteiger partial charge in [-0.05, 0) is 42.3 Å². The van der Waals surface area contributed by atoms with E-state index in [1.54, 1.807) is 6.07 Å². The van der Waals surface area contributed by atoms with E-state index >= 15 is 0 Å².